The van der Waals surface area contributed by atoms with Crippen molar-refractivity contribution in [1.29, 1.82) is 0 Å². The quantitative estimate of drug-likeness (QED) is 0.849. The minimum absolute atomic E-state index is 0.184. The van der Waals surface area contributed by atoms with Crippen LogP contribution >= 0.6 is 15.9 Å². The highest BCUT2D eigenvalue weighted by atomic mass is 79.9. The highest BCUT2D eigenvalue weighted by Gasteiger charge is 2.11. The van der Waals surface area contributed by atoms with Crippen LogP contribution in [0.1, 0.15) is 24.4 Å². The van der Waals surface area contributed by atoms with E-state index in [-0.39, 0.29) is 12.0 Å². The third kappa shape index (κ3) is 4.02. The fraction of sp³-hybridized carbons (Fsp3) is 0.417. The zero-order valence-electron chi connectivity index (χ0n) is 9.90. The van der Waals surface area contributed by atoms with Crippen LogP contribution in [0, 0.1) is 0 Å². The standard InChI is InChI=1S/C12H16BrNO3/c1-16-11-5-3-8(7-9(11)13)10(14)4-6-12(15)17-2/h3,5,7,10H,4,6,14H2,1-2H3. The number of halogens is 1. The van der Waals surface area contributed by atoms with Gasteiger partial charge in [0.2, 0.25) is 0 Å². The topological polar surface area (TPSA) is 61.5 Å². The predicted octanol–water partition coefficient (Wildman–Crippen LogP) is 2.41. The van der Waals surface area contributed by atoms with Gasteiger partial charge in [-0.05, 0) is 40.0 Å². The van der Waals surface area contributed by atoms with Crippen LogP contribution in [0.5, 0.6) is 5.75 Å². The monoisotopic (exact) mass is 301 g/mol. The van der Waals surface area contributed by atoms with Crippen LogP contribution in [0.2, 0.25) is 0 Å². The average Bonchev–Trinajstić information content (AvgIpc) is 2.35. The molecule has 17 heavy (non-hydrogen) atoms. The van der Waals surface area contributed by atoms with Crippen LogP contribution in [-0.2, 0) is 9.53 Å². The van der Waals surface area contributed by atoms with E-state index in [1.54, 1.807) is 7.11 Å². The number of ether oxygens (including phenoxy) is 2. The van der Waals surface area contributed by atoms with Gasteiger partial charge in [-0.25, -0.2) is 0 Å². The van der Waals surface area contributed by atoms with Gasteiger partial charge in [-0.15, -0.1) is 0 Å². The summed E-state index contributed by atoms with van der Waals surface area (Å²) in [6.45, 7) is 0. The van der Waals surface area contributed by atoms with E-state index in [4.69, 9.17) is 10.5 Å². The van der Waals surface area contributed by atoms with Gasteiger partial charge in [-0.3, -0.25) is 4.79 Å². The molecule has 94 valence electrons. The highest BCUT2D eigenvalue weighted by Crippen LogP contribution is 2.28. The first-order valence-corrected chi connectivity index (χ1v) is 6.03. The SMILES string of the molecule is COC(=O)CCC(N)c1ccc(OC)c(Br)c1. The molecular formula is C12H16BrNO3. The molecule has 0 saturated carbocycles. The summed E-state index contributed by atoms with van der Waals surface area (Å²) in [5, 5.41) is 0. The van der Waals surface area contributed by atoms with Crippen molar-refractivity contribution < 1.29 is 14.3 Å². The van der Waals surface area contributed by atoms with Crippen molar-refractivity contribution in [3.05, 3.63) is 28.2 Å². The van der Waals surface area contributed by atoms with Crippen molar-refractivity contribution in [3.63, 3.8) is 0 Å². The number of carbonyl (C=O) groups excluding carboxylic acids is 1. The Hall–Kier alpha value is -1.07. The Morgan fingerprint density at radius 1 is 1.47 bits per heavy atom. The average molecular weight is 302 g/mol. The van der Waals surface area contributed by atoms with E-state index in [1.807, 2.05) is 18.2 Å². The molecule has 1 rings (SSSR count). The molecule has 0 heterocycles. The molecule has 5 heteroatoms. The molecule has 0 radical (unpaired) electrons. The minimum Gasteiger partial charge on any atom is -0.496 e. The Morgan fingerprint density at radius 2 is 2.18 bits per heavy atom. The molecule has 0 fully saturated rings. The van der Waals surface area contributed by atoms with Crippen LogP contribution in [0.4, 0.5) is 0 Å². The van der Waals surface area contributed by atoms with Gasteiger partial charge in [0.1, 0.15) is 5.75 Å². The molecule has 0 aliphatic rings. The maximum absolute atomic E-state index is 11.0. The van der Waals surface area contributed by atoms with Crippen molar-refractivity contribution in [1.82, 2.24) is 0 Å². The fourth-order valence-electron chi connectivity index (χ4n) is 1.46. The number of esters is 1. The first kappa shape index (κ1) is 14.0. The van der Waals surface area contributed by atoms with E-state index < -0.39 is 0 Å². The zero-order chi connectivity index (χ0) is 12.8. The normalized spacial score (nSPS) is 12.0. The van der Waals surface area contributed by atoms with Gasteiger partial charge in [0, 0.05) is 12.5 Å². The second-order valence-corrected chi connectivity index (χ2v) is 4.47. The number of rotatable bonds is 5. The van der Waals surface area contributed by atoms with Gasteiger partial charge in [-0.2, -0.15) is 0 Å². The fourth-order valence-corrected chi connectivity index (χ4v) is 2.01. The predicted molar refractivity (Wildman–Crippen MR) is 68.9 cm³/mol. The summed E-state index contributed by atoms with van der Waals surface area (Å²) in [6, 6.07) is 5.46. The van der Waals surface area contributed by atoms with Gasteiger partial charge in [-0.1, -0.05) is 6.07 Å². The second kappa shape index (κ2) is 6.61. The van der Waals surface area contributed by atoms with Crippen molar-refractivity contribution in [2.45, 2.75) is 18.9 Å². The van der Waals surface area contributed by atoms with E-state index in [0.29, 0.717) is 12.8 Å². The molecule has 0 aromatic heterocycles. The maximum Gasteiger partial charge on any atom is 0.305 e. The summed E-state index contributed by atoms with van der Waals surface area (Å²) in [7, 11) is 2.98. The third-order valence-corrected chi connectivity index (χ3v) is 3.11. The molecule has 4 nitrogen and oxygen atoms in total. The summed E-state index contributed by atoms with van der Waals surface area (Å²) in [5.74, 6) is 0.516. The third-order valence-electron chi connectivity index (χ3n) is 2.49. The largest absolute Gasteiger partial charge is 0.496 e. The van der Waals surface area contributed by atoms with Crippen molar-refractivity contribution in [3.8, 4) is 5.75 Å². The van der Waals surface area contributed by atoms with Gasteiger partial charge in [0.25, 0.3) is 0 Å². The Bertz CT molecular complexity index is 395. The van der Waals surface area contributed by atoms with Crippen molar-refractivity contribution >= 4 is 21.9 Å². The lowest BCUT2D eigenvalue weighted by atomic mass is 10.0. The van der Waals surface area contributed by atoms with Crippen LogP contribution in [-0.4, -0.2) is 20.2 Å². The van der Waals surface area contributed by atoms with Crippen LogP contribution in [0.25, 0.3) is 0 Å². The summed E-state index contributed by atoms with van der Waals surface area (Å²) < 4.78 is 10.6. The zero-order valence-corrected chi connectivity index (χ0v) is 11.5. The van der Waals surface area contributed by atoms with Gasteiger partial charge < -0.3 is 15.2 Å². The number of methoxy groups -OCH3 is 2. The molecule has 0 amide bonds. The van der Waals surface area contributed by atoms with E-state index in [2.05, 4.69) is 20.7 Å². The highest BCUT2D eigenvalue weighted by molar-refractivity contribution is 9.10. The summed E-state index contributed by atoms with van der Waals surface area (Å²) >= 11 is 3.40. The summed E-state index contributed by atoms with van der Waals surface area (Å²) in [6.07, 6.45) is 0.882. The molecule has 2 N–H and O–H groups in total. The van der Waals surface area contributed by atoms with Crippen LogP contribution < -0.4 is 10.5 Å². The molecule has 0 spiro atoms. The number of hydrogen-bond acceptors (Lipinski definition) is 4. The smallest absolute Gasteiger partial charge is 0.305 e. The molecular weight excluding hydrogens is 286 g/mol. The van der Waals surface area contributed by atoms with Gasteiger partial charge in [0.15, 0.2) is 0 Å². The van der Waals surface area contributed by atoms with E-state index in [9.17, 15) is 4.79 Å². The van der Waals surface area contributed by atoms with E-state index >= 15 is 0 Å². The Balaban J connectivity index is 2.66. The van der Waals surface area contributed by atoms with Crippen LogP contribution in [0.3, 0.4) is 0 Å². The molecule has 1 atom stereocenters. The van der Waals surface area contributed by atoms with E-state index in [1.165, 1.54) is 7.11 Å². The number of carbonyl (C=O) groups is 1. The van der Waals surface area contributed by atoms with E-state index in [0.717, 1.165) is 15.8 Å². The lowest BCUT2D eigenvalue weighted by molar-refractivity contribution is -0.140. The summed E-state index contributed by atoms with van der Waals surface area (Å²) in [5.41, 5.74) is 6.95. The Labute approximate surface area is 109 Å². The second-order valence-electron chi connectivity index (χ2n) is 3.62. The molecule has 0 saturated heterocycles. The van der Waals surface area contributed by atoms with Gasteiger partial charge in [0.05, 0.1) is 18.7 Å². The molecule has 1 aromatic carbocycles. The molecule has 1 unspecified atom stereocenters. The van der Waals surface area contributed by atoms with Crippen LogP contribution in [0.15, 0.2) is 22.7 Å². The molecule has 0 aliphatic heterocycles. The lowest BCUT2D eigenvalue weighted by Gasteiger charge is -2.13. The molecule has 1 aromatic rings. The number of nitrogens with two attached hydrogens (primary N) is 1. The maximum atomic E-state index is 11.0. The first-order valence-electron chi connectivity index (χ1n) is 5.24. The Kier molecular flexibility index (Phi) is 5.44. The van der Waals surface area contributed by atoms with Gasteiger partial charge >= 0.3 is 5.97 Å². The minimum atomic E-state index is -0.243. The lowest BCUT2D eigenvalue weighted by Crippen LogP contribution is -2.13. The summed E-state index contributed by atoms with van der Waals surface area (Å²) in [4.78, 5) is 11.0. The number of benzene rings is 1. The first-order chi connectivity index (χ1) is 8.08. The molecule has 0 aliphatic carbocycles. The van der Waals surface area contributed by atoms with Crippen molar-refractivity contribution in [2.24, 2.45) is 5.73 Å². The van der Waals surface area contributed by atoms with Crippen molar-refractivity contribution in [2.75, 3.05) is 14.2 Å². The number of hydrogen-bond donors (Lipinski definition) is 1. The molecule has 0 bridgehead atoms. The Morgan fingerprint density at radius 3 is 2.71 bits per heavy atom.